The van der Waals surface area contributed by atoms with Gasteiger partial charge in [0.05, 0.1) is 12.1 Å². The van der Waals surface area contributed by atoms with Crippen LogP contribution in [-0.2, 0) is 20.8 Å². The summed E-state index contributed by atoms with van der Waals surface area (Å²) in [5.74, 6) is -1.28. The molecule has 3 aromatic rings. The standard InChI is InChI=1S/C28H26N2O5/c1-19-8-10-22(11-9-19)27(33)29(17-16-21-6-4-3-5-7-21)25-18-26(32)30(28(25)34)23-12-14-24(15-13-23)35-20(2)31/h3-15,25H,16-18H2,1-2H3. The van der Waals surface area contributed by atoms with Gasteiger partial charge in [-0.1, -0.05) is 48.0 Å². The van der Waals surface area contributed by atoms with Crippen molar-refractivity contribution < 1.29 is 23.9 Å². The fraction of sp³-hybridized carbons (Fsp3) is 0.214. The van der Waals surface area contributed by atoms with Gasteiger partial charge in [0.25, 0.3) is 11.8 Å². The Morgan fingerprint density at radius 3 is 2.23 bits per heavy atom. The van der Waals surface area contributed by atoms with Gasteiger partial charge in [-0.3, -0.25) is 19.2 Å². The molecular formula is C28H26N2O5. The lowest BCUT2D eigenvalue weighted by Gasteiger charge is -2.28. The highest BCUT2D eigenvalue weighted by Gasteiger charge is 2.44. The van der Waals surface area contributed by atoms with Crippen LogP contribution in [0.1, 0.15) is 34.8 Å². The van der Waals surface area contributed by atoms with Gasteiger partial charge in [0.1, 0.15) is 11.8 Å². The molecule has 0 radical (unpaired) electrons. The van der Waals surface area contributed by atoms with E-state index in [1.807, 2.05) is 49.4 Å². The maximum atomic E-state index is 13.5. The Morgan fingerprint density at radius 1 is 0.943 bits per heavy atom. The summed E-state index contributed by atoms with van der Waals surface area (Å²) in [6.07, 6.45) is 0.449. The van der Waals surface area contributed by atoms with Crippen LogP contribution in [0.25, 0.3) is 0 Å². The minimum Gasteiger partial charge on any atom is -0.427 e. The van der Waals surface area contributed by atoms with Crippen molar-refractivity contribution >= 4 is 29.4 Å². The summed E-state index contributed by atoms with van der Waals surface area (Å²) in [6, 6.07) is 22.1. The summed E-state index contributed by atoms with van der Waals surface area (Å²) in [6.45, 7) is 3.52. The molecule has 1 fully saturated rings. The molecule has 0 spiro atoms. The van der Waals surface area contributed by atoms with E-state index in [1.165, 1.54) is 24.0 Å². The molecule has 0 bridgehead atoms. The van der Waals surface area contributed by atoms with Crippen molar-refractivity contribution in [2.45, 2.75) is 32.7 Å². The largest absolute Gasteiger partial charge is 0.427 e. The molecule has 0 N–H and O–H groups in total. The first-order chi connectivity index (χ1) is 16.8. The van der Waals surface area contributed by atoms with Crippen LogP contribution in [0.5, 0.6) is 5.75 Å². The predicted molar refractivity (Wildman–Crippen MR) is 131 cm³/mol. The average Bonchev–Trinajstić information content (AvgIpc) is 3.14. The number of imide groups is 1. The number of esters is 1. The fourth-order valence-electron chi connectivity index (χ4n) is 4.11. The van der Waals surface area contributed by atoms with Gasteiger partial charge in [0.2, 0.25) is 5.91 Å². The van der Waals surface area contributed by atoms with Gasteiger partial charge in [-0.2, -0.15) is 0 Å². The Hall–Kier alpha value is -4.26. The summed E-state index contributed by atoms with van der Waals surface area (Å²) in [4.78, 5) is 53.6. The van der Waals surface area contributed by atoms with E-state index < -0.39 is 17.9 Å². The van der Waals surface area contributed by atoms with E-state index in [2.05, 4.69) is 0 Å². The molecule has 3 aromatic carbocycles. The Bertz CT molecular complexity index is 1240. The van der Waals surface area contributed by atoms with Gasteiger partial charge < -0.3 is 9.64 Å². The van der Waals surface area contributed by atoms with E-state index in [0.717, 1.165) is 16.0 Å². The van der Waals surface area contributed by atoms with Gasteiger partial charge in [-0.25, -0.2) is 4.90 Å². The smallest absolute Gasteiger partial charge is 0.308 e. The molecule has 1 atom stereocenters. The summed E-state index contributed by atoms with van der Waals surface area (Å²) in [5, 5.41) is 0. The Labute approximate surface area is 203 Å². The van der Waals surface area contributed by atoms with Crippen LogP contribution in [0.15, 0.2) is 78.9 Å². The molecule has 1 unspecified atom stereocenters. The molecule has 7 nitrogen and oxygen atoms in total. The number of ether oxygens (including phenoxy) is 1. The molecule has 4 rings (SSSR count). The van der Waals surface area contributed by atoms with Crippen molar-refractivity contribution in [3.05, 3.63) is 95.6 Å². The molecule has 0 saturated carbocycles. The zero-order chi connectivity index (χ0) is 24.9. The monoisotopic (exact) mass is 470 g/mol. The van der Waals surface area contributed by atoms with Crippen molar-refractivity contribution in [2.24, 2.45) is 0 Å². The molecule has 3 amide bonds. The van der Waals surface area contributed by atoms with Gasteiger partial charge in [0.15, 0.2) is 0 Å². The first-order valence-corrected chi connectivity index (χ1v) is 11.4. The van der Waals surface area contributed by atoms with E-state index in [-0.39, 0.29) is 18.2 Å². The summed E-state index contributed by atoms with van der Waals surface area (Å²) >= 11 is 0. The number of hydrogen-bond donors (Lipinski definition) is 0. The minimum atomic E-state index is -0.909. The van der Waals surface area contributed by atoms with E-state index in [4.69, 9.17) is 4.74 Å². The number of anilines is 1. The number of carbonyl (C=O) groups excluding carboxylic acids is 4. The summed E-state index contributed by atoms with van der Waals surface area (Å²) < 4.78 is 5.03. The van der Waals surface area contributed by atoms with Crippen molar-refractivity contribution in [3.63, 3.8) is 0 Å². The quantitative estimate of drug-likeness (QED) is 0.297. The SMILES string of the molecule is CC(=O)Oc1ccc(N2C(=O)CC(N(CCc3ccccc3)C(=O)c3ccc(C)cc3)C2=O)cc1. The lowest BCUT2D eigenvalue weighted by molar-refractivity contribution is -0.132. The molecule has 178 valence electrons. The van der Waals surface area contributed by atoms with Crippen LogP contribution >= 0.6 is 0 Å². The molecule has 35 heavy (non-hydrogen) atoms. The number of hydrogen-bond acceptors (Lipinski definition) is 5. The number of nitrogens with zero attached hydrogens (tertiary/aromatic N) is 2. The zero-order valence-electron chi connectivity index (χ0n) is 19.6. The second kappa shape index (κ2) is 10.3. The third-order valence-corrected chi connectivity index (χ3v) is 5.90. The third kappa shape index (κ3) is 5.46. The molecule has 1 saturated heterocycles. The number of benzene rings is 3. The van der Waals surface area contributed by atoms with Gasteiger partial charge >= 0.3 is 5.97 Å². The Balaban J connectivity index is 1.60. The highest BCUT2D eigenvalue weighted by Crippen LogP contribution is 2.28. The van der Waals surface area contributed by atoms with Gasteiger partial charge in [-0.05, 0) is 55.3 Å². The lowest BCUT2D eigenvalue weighted by Crippen LogP contribution is -2.46. The summed E-state index contributed by atoms with van der Waals surface area (Å²) in [5.41, 5.74) is 2.88. The number of amides is 3. The summed E-state index contributed by atoms with van der Waals surface area (Å²) in [7, 11) is 0. The maximum Gasteiger partial charge on any atom is 0.308 e. The first kappa shape index (κ1) is 23.9. The van der Waals surface area contributed by atoms with Crippen LogP contribution in [0.3, 0.4) is 0 Å². The second-order valence-electron chi connectivity index (χ2n) is 8.48. The fourth-order valence-corrected chi connectivity index (χ4v) is 4.11. The van der Waals surface area contributed by atoms with E-state index in [1.54, 1.807) is 24.3 Å². The predicted octanol–water partition coefficient (Wildman–Crippen LogP) is 3.94. The van der Waals surface area contributed by atoms with Crippen LogP contribution in [0.2, 0.25) is 0 Å². The third-order valence-electron chi connectivity index (χ3n) is 5.90. The van der Waals surface area contributed by atoms with Crippen molar-refractivity contribution in [3.8, 4) is 5.75 Å². The van der Waals surface area contributed by atoms with Crippen molar-refractivity contribution in [1.82, 2.24) is 4.90 Å². The molecule has 1 aliphatic heterocycles. The second-order valence-corrected chi connectivity index (χ2v) is 8.48. The van der Waals surface area contributed by atoms with Crippen molar-refractivity contribution in [1.29, 1.82) is 0 Å². The van der Waals surface area contributed by atoms with E-state index in [0.29, 0.717) is 30.0 Å². The Kier molecular flexibility index (Phi) is 7.06. The molecule has 0 aromatic heterocycles. The minimum absolute atomic E-state index is 0.100. The normalized spacial score (nSPS) is 15.3. The van der Waals surface area contributed by atoms with Crippen molar-refractivity contribution in [2.75, 3.05) is 11.4 Å². The number of rotatable bonds is 7. The average molecular weight is 471 g/mol. The highest BCUT2D eigenvalue weighted by molar-refractivity contribution is 6.23. The van der Waals surface area contributed by atoms with Crippen LogP contribution in [-0.4, -0.2) is 41.2 Å². The van der Waals surface area contributed by atoms with Gasteiger partial charge in [-0.15, -0.1) is 0 Å². The van der Waals surface area contributed by atoms with Crippen LogP contribution in [0.4, 0.5) is 5.69 Å². The van der Waals surface area contributed by atoms with E-state index >= 15 is 0 Å². The number of carbonyl (C=O) groups is 4. The maximum absolute atomic E-state index is 13.5. The molecule has 1 aliphatic rings. The molecular weight excluding hydrogens is 444 g/mol. The Morgan fingerprint density at radius 2 is 1.60 bits per heavy atom. The van der Waals surface area contributed by atoms with Crippen LogP contribution < -0.4 is 9.64 Å². The zero-order valence-corrected chi connectivity index (χ0v) is 19.6. The van der Waals surface area contributed by atoms with Crippen LogP contribution in [0, 0.1) is 6.92 Å². The molecule has 7 heteroatoms. The lowest BCUT2D eigenvalue weighted by atomic mass is 10.1. The van der Waals surface area contributed by atoms with Gasteiger partial charge in [0, 0.05) is 19.0 Å². The number of aryl methyl sites for hydroxylation is 1. The topological polar surface area (TPSA) is 84.0 Å². The molecule has 1 heterocycles. The highest BCUT2D eigenvalue weighted by atomic mass is 16.5. The molecule has 0 aliphatic carbocycles. The first-order valence-electron chi connectivity index (χ1n) is 11.4. The van der Waals surface area contributed by atoms with E-state index in [9.17, 15) is 19.2 Å².